The van der Waals surface area contributed by atoms with Crippen LogP contribution in [0.4, 0.5) is 0 Å². The molecule has 1 unspecified atom stereocenters. The molecule has 0 spiro atoms. The lowest BCUT2D eigenvalue weighted by molar-refractivity contribution is 0.264. The van der Waals surface area contributed by atoms with E-state index in [0.29, 0.717) is 18.5 Å². The third kappa shape index (κ3) is 5.36. The Balaban J connectivity index is 2.13. The van der Waals surface area contributed by atoms with Crippen LogP contribution in [0, 0.1) is 5.92 Å². The molecule has 1 rings (SSSR count). The summed E-state index contributed by atoms with van der Waals surface area (Å²) in [7, 11) is -2.81. The summed E-state index contributed by atoms with van der Waals surface area (Å²) in [5.74, 6) is 1.20. The van der Waals surface area contributed by atoms with E-state index in [2.05, 4.69) is 24.1 Å². The highest BCUT2D eigenvalue weighted by Gasteiger charge is 2.23. The maximum absolute atomic E-state index is 11.3. The zero-order valence-corrected chi connectivity index (χ0v) is 12.1. The quantitative estimate of drug-likeness (QED) is 0.688. The van der Waals surface area contributed by atoms with Crippen LogP contribution in [0.1, 0.15) is 27.2 Å². The van der Waals surface area contributed by atoms with Crippen molar-refractivity contribution in [3.63, 3.8) is 0 Å². The van der Waals surface area contributed by atoms with Crippen molar-refractivity contribution in [1.29, 1.82) is 0 Å². The number of likely N-dealkylation sites (tertiary alicyclic amines) is 1. The van der Waals surface area contributed by atoms with Gasteiger partial charge in [0.2, 0.25) is 0 Å². The number of nitrogens with zero attached hydrogens (tertiary/aromatic N) is 1. The summed E-state index contributed by atoms with van der Waals surface area (Å²) in [4.78, 5) is 2.48. The van der Waals surface area contributed by atoms with E-state index in [1.807, 2.05) is 0 Å². The Morgan fingerprint density at radius 1 is 1.41 bits per heavy atom. The molecule has 17 heavy (non-hydrogen) atoms. The minimum atomic E-state index is -2.81. The van der Waals surface area contributed by atoms with Crippen LogP contribution in [-0.4, -0.2) is 57.0 Å². The SMILES string of the molecule is CCS(=O)(=O)CCNCC1CCN(C(C)C)C1. The Kier molecular flexibility index (Phi) is 5.89. The molecule has 1 N–H and O–H groups in total. The molecule has 0 aromatic heterocycles. The number of rotatable bonds is 7. The summed E-state index contributed by atoms with van der Waals surface area (Å²) < 4.78 is 22.6. The zero-order valence-electron chi connectivity index (χ0n) is 11.3. The van der Waals surface area contributed by atoms with Gasteiger partial charge in [-0.25, -0.2) is 8.42 Å². The van der Waals surface area contributed by atoms with Crippen molar-refractivity contribution in [3.8, 4) is 0 Å². The molecule has 1 aliphatic rings. The van der Waals surface area contributed by atoms with Crippen molar-refractivity contribution >= 4 is 9.84 Å². The maximum atomic E-state index is 11.3. The normalized spacial score (nSPS) is 22.5. The molecule has 4 nitrogen and oxygen atoms in total. The maximum Gasteiger partial charge on any atom is 0.151 e. The van der Waals surface area contributed by atoms with E-state index in [1.165, 1.54) is 13.0 Å². The minimum Gasteiger partial charge on any atom is -0.315 e. The molecule has 1 atom stereocenters. The standard InChI is InChI=1S/C12H26N2O2S/c1-4-17(15,16)8-6-13-9-12-5-7-14(10-12)11(2)3/h11-13H,4-10H2,1-3H3. The fraction of sp³-hybridized carbons (Fsp3) is 1.00. The Labute approximate surface area is 106 Å². The molecule has 1 aliphatic heterocycles. The molecule has 0 aromatic rings. The average Bonchev–Trinajstić information content (AvgIpc) is 2.73. The largest absolute Gasteiger partial charge is 0.315 e. The molecule has 0 aromatic carbocycles. The highest BCUT2D eigenvalue weighted by molar-refractivity contribution is 7.91. The molecular weight excluding hydrogens is 236 g/mol. The van der Waals surface area contributed by atoms with Crippen molar-refractivity contribution < 1.29 is 8.42 Å². The lowest BCUT2D eigenvalue weighted by Crippen LogP contribution is -2.32. The molecule has 0 aliphatic carbocycles. The molecule has 0 bridgehead atoms. The van der Waals surface area contributed by atoms with E-state index >= 15 is 0 Å². The average molecular weight is 262 g/mol. The number of sulfone groups is 1. The summed E-state index contributed by atoms with van der Waals surface area (Å²) in [5.41, 5.74) is 0. The summed E-state index contributed by atoms with van der Waals surface area (Å²) in [6.07, 6.45) is 1.23. The Bertz CT molecular complexity index is 314. The Hall–Kier alpha value is -0.130. The summed E-state index contributed by atoms with van der Waals surface area (Å²) in [6, 6.07) is 0.625. The molecule has 0 saturated carbocycles. The van der Waals surface area contributed by atoms with E-state index < -0.39 is 9.84 Å². The van der Waals surface area contributed by atoms with Crippen LogP contribution < -0.4 is 5.32 Å². The van der Waals surface area contributed by atoms with Crippen LogP contribution in [0.25, 0.3) is 0 Å². The minimum absolute atomic E-state index is 0.249. The Morgan fingerprint density at radius 2 is 2.12 bits per heavy atom. The second-order valence-electron chi connectivity index (χ2n) is 5.18. The van der Waals surface area contributed by atoms with Crippen molar-refractivity contribution in [2.75, 3.05) is 37.7 Å². The van der Waals surface area contributed by atoms with Gasteiger partial charge in [0.15, 0.2) is 9.84 Å². The van der Waals surface area contributed by atoms with Gasteiger partial charge in [0.05, 0.1) is 5.75 Å². The smallest absolute Gasteiger partial charge is 0.151 e. The first-order valence-electron chi connectivity index (χ1n) is 6.59. The molecule has 0 radical (unpaired) electrons. The van der Waals surface area contributed by atoms with Gasteiger partial charge in [-0.2, -0.15) is 0 Å². The van der Waals surface area contributed by atoms with Gasteiger partial charge in [0.1, 0.15) is 0 Å². The topological polar surface area (TPSA) is 49.4 Å². The predicted octanol–water partition coefficient (Wildman–Crippen LogP) is 0.741. The lowest BCUT2D eigenvalue weighted by Gasteiger charge is -2.20. The molecule has 102 valence electrons. The van der Waals surface area contributed by atoms with E-state index in [1.54, 1.807) is 6.92 Å². The van der Waals surface area contributed by atoms with Crippen molar-refractivity contribution in [3.05, 3.63) is 0 Å². The molecule has 1 saturated heterocycles. The molecule has 1 fully saturated rings. The van der Waals surface area contributed by atoms with E-state index in [-0.39, 0.29) is 11.5 Å². The lowest BCUT2D eigenvalue weighted by atomic mass is 10.1. The summed E-state index contributed by atoms with van der Waals surface area (Å²) in [5, 5.41) is 3.27. The van der Waals surface area contributed by atoms with Crippen LogP contribution in [0.5, 0.6) is 0 Å². The monoisotopic (exact) mass is 262 g/mol. The van der Waals surface area contributed by atoms with Gasteiger partial charge in [-0.3, -0.25) is 0 Å². The van der Waals surface area contributed by atoms with Gasteiger partial charge in [0.25, 0.3) is 0 Å². The van der Waals surface area contributed by atoms with Gasteiger partial charge in [-0.15, -0.1) is 0 Å². The van der Waals surface area contributed by atoms with E-state index in [9.17, 15) is 8.42 Å². The van der Waals surface area contributed by atoms with Crippen LogP contribution >= 0.6 is 0 Å². The van der Waals surface area contributed by atoms with Crippen LogP contribution in [0.15, 0.2) is 0 Å². The van der Waals surface area contributed by atoms with Gasteiger partial charge >= 0.3 is 0 Å². The first-order valence-corrected chi connectivity index (χ1v) is 8.42. The fourth-order valence-electron chi connectivity index (χ4n) is 2.18. The molecule has 1 heterocycles. The van der Waals surface area contributed by atoms with Crippen molar-refractivity contribution in [2.24, 2.45) is 5.92 Å². The predicted molar refractivity (Wildman–Crippen MR) is 72.0 cm³/mol. The number of hydrogen-bond donors (Lipinski definition) is 1. The third-order valence-corrected chi connectivity index (χ3v) is 5.22. The van der Waals surface area contributed by atoms with Crippen molar-refractivity contribution in [2.45, 2.75) is 33.2 Å². The first kappa shape index (κ1) is 14.9. The number of hydrogen-bond acceptors (Lipinski definition) is 4. The molecule has 5 heteroatoms. The van der Waals surface area contributed by atoms with Crippen molar-refractivity contribution in [1.82, 2.24) is 10.2 Å². The van der Waals surface area contributed by atoms with Gasteiger partial charge < -0.3 is 10.2 Å². The van der Waals surface area contributed by atoms with E-state index in [0.717, 1.165) is 13.1 Å². The second-order valence-corrected chi connectivity index (χ2v) is 7.66. The highest BCUT2D eigenvalue weighted by Crippen LogP contribution is 2.17. The molecular formula is C12H26N2O2S. The zero-order chi connectivity index (χ0) is 12.9. The summed E-state index contributed by atoms with van der Waals surface area (Å²) >= 11 is 0. The van der Waals surface area contributed by atoms with E-state index in [4.69, 9.17) is 0 Å². The summed E-state index contributed by atoms with van der Waals surface area (Å²) in [6.45, 7) is 10.0. The van der Waals surface area contributed by atoms with Gasteiger partial charge in [-0.05, 0) is 39.3 Å². The van der Waals surface area contributed by atoms with Crippen LogP contribution in [0.2, 0.25) is 0 Å². The number of nitrogens with one attached hydrogen (secondary N) is 1. The first-order chi connectivity index (χ1) is 7.94. The van der Waals surface area contributed by atoms with Crippen LogP contribution in [0.3, 0.4) is 0 Å². The third-order valence-electron chi connectivity index (χ3n) is 3.51. The Morgan fingerprint density at radius 3 is 2.65 bits per heavy atom. The molecule has 0 amide bonds. The van der Waals surface area contributed by atoms with Gasteiger partial charge in [0, 0.05) is 24.9 Å². The fourth-order valence-corrected chi connectivity index (χ4v) is 2.92. The van der Waals surface area contributed by atoms with Crippen LogP contribution in [-0.2, 0) is 9.84 Å². The highest BCUT2D eigenvalue weighted by atomic mass is 32.2. The second kappa shape index (κ2) is 6.71. The van der Waals surface area contributed by atoms with Gasteiger partial charge in [-0.1, -0.05) is 6.92 Å².